The van der Waals surface area contributed by atoms with E-state index in [1.165, 1.54) is 0 Å². The van der Waals surface area contributed by atoms with Crippen molar-refractivity contribution in [3.63, 3.8) is 0 Å². The lowest BCUT2D eigenvalue weighted by Gasteiger charge is -2.22. The molecule has 1 aromatic rings. The number of carbonyl (C=O) groups excluding carboxylic acids is 2. The van der Waals surface area contributed by atoms with Crippen LogP contribution in [0.3, 0.4) is 0 Å². The normalized spacial score (nSPS) is 15.0. The molecule has 25 heavy (non-hydrogen) atoms. The molecule has 0 aliphatic carbocycles. The van der Waals surface area contributed by atoms with Crippen molar-refractivity contribution in [2.45, 2.75) is 39.7 Å². The number of benzene rings is 1. The van der Waals surface area contributed by atoms with Gasteiger partial charge in [-0.2, -0.15) is 0 Å². The van der Waals surface area contributed by atoms with Crippen molar-refractivity contribution >= 4 is 11.9 Å². The number of nitrogens with one attached hydrogen (secondary N) is 1. The SMILES string of the molecule is CCCNC(=O)N1CCCN(C(=O)c2ccc(OC(C)C)cc2)CC1. The number of urea groups is 1. The number of amides is 3. The number of nitrogens with zero attached hydrogens (tertiary/aromatic N) is 2. The molecule has 1 heterocycles. The van der Waals surface area contributed by atoms with E-state index < -0.39 is 0 Å². The molecule has 138 valence electrons. The fraction of sp³-hybridized carbons (Fsp3) is 0.579. The molecule has 3 amide bonds. The second-order valence-corrected chi connectivity index (χ2v) is 6.56. The summed E-state index contributed by atoms with van der Waals surface area (Å²) >= 11 is 0. The van der Waals surface area contributed by atoms with Crippen molar-refractivity contribution in [3.05, 3.63) is 29.8 Å². The minimum atomic E-state index is -0.0358. The molecule has 0 radical (unpaired) electrons. The highest BCUT2D eigenvalue weighted by molar-refractivity contribution is 5.94. The molecule has 2 rings (SSSR count). The quantitative estimate of drug-likeness (QED) is 0.891. The molecule has 1 N–H and O–H groups in total. The Hall–Kier alpha value is -2.24. The van der Waals surface area contributed by atoms with Crippen LogP contribution >= 0.6 is 0 Å². The van der Waals surface area contributed by atoms with Crippen LogP contribution in [0.25, 0.3) is 0 Å². The van der Waals surface area contributed by atoms with E-state index in [0.717, 1.165) is 18.6 Å². The van der Waals surface area contributed by atoms with Crippen LogP contribution in [-0.4, -0.2) is 60.6 Å². The van der Waals surface area contributed by atoms with Gasteiger partial charge in [0.1, 0.15) is 5.75 Å². The first kappa shape index (κ1) is 19.1. The first-order valence-corrected chi connectivity index (χ1v) is 9.10. The number of carbonyl (C=O) groups is 2. The van der Waals surface area contributed by atoms with Crippen molar-refractivity contribution in [3.8, 4) is 5.75 Å². The van der Waals surface area contributed by atoms with Gasteiger partial charge in [-0.25, -0.2) is 4.79 Å². The Morgan fingerprint density at radius 1 is 1.08 bits per heavy atom. The van der Waals surface area contributed by atoms with E-state index >= 15 is 0 Å². The minimum absolute atomic E-state index is 0.00640. The smallest absolute Gasteiger partial charge is 0.317 e. The van der Waals surface area contributed by atoms with E-state index in [1.54, 1.807) is 17.0 Å². The van der Waals surface area contributed by atoms with Crippen molar-refractivity contribution in [1.29, 1.82) is 0 Å². The third-order valence-electron chi connectivity index (χ3n) is 4.07. The topological polar surface area (TPSA) is 61.9 Å². The predicted octanol–water partition coefficient (Wildman–Crippen LogP) is 2.74. The molecule has 1 fully saturated rings. The number of ether oxygens (including phenoxy) is 1. The zero-order valence-electron chi connectivity index (χ0n) is 15.5. The van der Waals surface area contributed by atoms with Gasteiger partial charge in [0.15, 0.2) is 0 Å². The first-order valence-electron chi connectivity index (χ1n) is 9.10. The maximum atomic E-state index is 12.7. The molecular formula is C19H29N3O3. The molecule has 6 nitrogen and oxygen atoms in total. The van der Waals surface area contributed by atoms with Crippen molar-refractivity contribution < 1.29 is 14.3 Å². The molecule has 0 unspecified atom stereocenters. The summed E-state index contributed by atoms with van der Waals surface area (Å²) in [6.07, 6.45) is 1.82. The molecule has 1 aliphatic rings. The Morgan fingerprint density at radius 2 is 1.72 bits per heavy atom. The fourth-order valence-electron chi connectivity index (χ4n) is 2.80. The molecule has 0 saturated carbocycles. The third kappa shape index (κ3) is 5.66. The number of hydrogen-bond acceptors (Lipinski definition) is 3. The Balaban J connectivity index is 1.93. The van der Waals surface area contributed by atoms with E-state index in [-0.39, 0.29) is 18.0 Å². The van der Waals surface area contributed by atoms with Gasteiger partial charge in [0.2, 0.25) is 0 Å². The summed E-state index contributed by atoms with van der Waals surface area (Å²) in [6.45, 7) is 9.13. The fourth-order valence-corrected chi connectivity index (χ4v) is 2.80. The highest BCUT2D eigenvalue weighted by Gasteiger charge is 2.22. The Morgan fingerprint density at radius 3 is 2.36 bits per heavy atom. The van der Waals surface area contributed by atoms with E-state index in [9.17, 15) is 9.59 Å². The third-order valence-corrected chi connectivity index (χ3v) is 4.07. The summed E-state index contributed by atoms with van der Waals surface area (Å²) in [6, 6.07) is 7.23. The maximum absolute atomic E-state index is 12.7. The van der Waals surface area contributed by atoms with Gasteiger partial charge in [-0.1, -0.05) is 6.92 Å². The Kier molecular flexibility index (Phi) is 7.10. The largest absolute Gasteiger partial charge is 0.491 e. The minimum Gasteiger partial charge on any atom is -0.491 e. The number of rotatable bonds is 5. The lowest BCUT2D eigenvalue weighted by molar-refractivity contribution is 0.0762. The first-order chi connectivity index (χ1) is 12.0. The highest BCUT2D eigenvalue weighted by atomic mass is 16.5. The standard InChI is InChI=1S/C19H29N3O3/c1-4-10-20-19(24)22-12-5-11-21(13-14-22)18(23)16-6-8-17(9-7-16)25-15(2)3/h6-9,15H,4-5,10-14H2,1-3H3,(H,20,24). The summed E-state index contributed by atoms with van der Waals surface area (Å²) in [4.78, 5) is 28.4. The van der Waals surface area contributed by atoms with E-state index in [0.29, 0.717) is 38.3 Å². The predicted molar refractivity (Wildman–Crippen MR) is 98.0 cm³/mol. The Bertz CT molecular complexity index is 572. The maximum Gasteiger partial charge on any atom is 0.317 e. The second kappa shape index (κ2) is 9.30. The molecule has 0 spiro atoms. The van der Waals surface area contributed by atoms with E-state index in [4.69, 9.17) is 4.74 Å². The summed E-state index contributed by atoms with van der Waals surface area (Å²) in [5.74, 6) is 0.771. The van der Waals surface area contributed by atoms with Crippen LogP contribution in [0.4, 0.5) is 4.79 Å². The van der Waals surface area contributed by atoms with Crippen LogP contribution in [0.1, 0.15) is 44.0 Å². The summed E-state index contributed by atoms with van der Waals surface area (Å²) in [5, 5.41) is 2.90. The van der Waals surface area contributed by atoms with Gasteiger partial charge in [-0.15, -0.1) is 0 Å². The van der Waals surface area contributed by atoms with Gasteiger partial charge < -0.3 is 19.9 Å². The number of hydrogen-bond donors (Lipinski definition) is 1. The lowest BCUT2D eigenvalue weighted by atomic mass is 10.2. The molecule has 0 aromatic heterocycles. The monoisotopic (exact) mass is 347 g/mol. The Labute approximate surface area is 150 Å². The molecule has 1 saturated heterocycles. The molecule has 1 aliphatic heterocycles. The lowest BCUT2D eigenvalue weighted by Crippen LogP contribution is -2.42. The zero-order valence-corrected chi connectivity index (χ0v) is 15.5. The average Bonchev–Trinajstić information content (AvgIpc) is 2.85. The zero-order chi connectivity index (χ0) is 18.2. The van der Waals surface area contributed by atoms with Crippen molar-refractivity contribution in [2.24, 2.45) is 0 Å². The molecular weight excluding hydrogens is 318 g/mol. The molecule has 0 atom stereocenters. The summed E-state index contributed by atoms with van der Waals surface area (Å²) in [5.41, 5.74) is 0.653. The van der Waals surface area contributed by atoms with E-state index in [1.807, 2.05) is 37.8 Å². The second-order valence-electron chi connectivity index (χ2n) is 6.56. The summed E-state index contributed by atoms with van der Waals surface area (Å²) in [7, 11) is 0. The summed E-state index contributed by atoms with van der Waals surface area (Å²) < 4.78 is 5.61. The van der Waals surface area contributed by atoms with Gasteiger partial charge in [0, 0.05) is 38.3 Å². The van der Waals surface area contributed by atoms with E-state index in [2.05, 4.69) is 5.32 Å². The average molecular weight is 347 g/mol. The van der Waals surface area contributed by atoms with Gasteiger partial charge in [-0.05, 0) is 51.0 Å². The molecule has 6 heteroatoms. The van der Waals surface area contributed by atoms with Crippen LogP contribution in [0, 0.1) is 0 Å². The van der Waals surface area contributed by atoms with Gasteiger partial charge in [-0.3, -0.25) is 4.79 Å². The van der Waals surface area contributed by atoms with Crippen molar-refractivity contribution in [2.75, 3.05) is 32.7 Å². The highest BCUT2D eigenvalue weighted by Crippen LogP contribution is 2.16. The van der Waals surface area contributed by atoms with Gasteiger partial charge in [0.25, 0.3) is 5.91 Å². The van der Waals surface area contributed by atoms with Crippen LogP contribution in [-0.2, 0) is 0 Å². The van der Waals surface area contributed by atoms with Crippen LogP contribution in [0.5, 0.6) is 5.75 Å². The molecule has 0 bridgehead atoms. The van der Waals surface area contributed by atoms with Crippen LogP contribution < -0.4 is 10.1 Å². The van der Waals surface area contributed by atoms with Crippen LogP contribution in [0.2, 0.25) is 0 Å². The van der Waals surface area contributed by atoms with Crippen molar-refractivity contribution in [1.82, 2.24) is 15.1 Å². The van der Waals surface area contributed by atoms with Gasteiger partial charge >= 0.3 is 6.03 Å². The van der Waals surface area contributed by atoms with Crippen LogP contribution in [0.15, 0.2) is 24.3 Å². The molecule has 1 aromatic carbocycles. The van der Waals surface area contributed by atoms with Gasteiger partial charge in [0.05, 0.1) is 6.10 Å².